The Morgan fingerprint density at radius 2 is 1.49 bits per heavy atom. The number of allylic oxidation sites excluding steroid dienone is 2. The quantitative estimate of drug-likeness (QED) is 0.0910. The molecule has 4 nitrogen and oxygen atoms in total. The van der Waals surface area contributed by atoms with Crippen LogP contribution in [0.2, 0.25) is 0 Å². The largest absolute Gasteiger partial charge is 0.512 e. The number of pyridine rings is 1. The molecule has 3 aromatic carbocycles. The van der Waals surface area contributed by atoms with Crippen molar-refractivity contribution in [3.8, 4) is 11.3 Å². The number of hydrogen-bond acceptors (Lipinski definition) is 4. The number of benzene rings is 3. The third-order valence-electron chi connectivity index (χ3n) is 12.4. The molecule has 1 aliphatic rings. The molecular formula is C48H62IrNO3-. The monoisotopic (exact) mass is 893 g/mol. The van der Waals surface area contributed by atoms with Crippen LogP contribution in [-0.4, -0.2) is 15.9 Å². The van der Waals surface area contributed by atoms with Crippen molar-refractivity contribution in [3.63, 3.8) is 0 Å². The van der Waals surface area contributed by atoms with Gasteiger partial charge in [0.15, 0.2) is 5.78 Å². The van der Waals surface area contributed by atoms with Crippen LogP contribution in [0.5, 0.6) is 0 Å². The Labute approximate surface area is 332 Å². The van der Waals surface area contributed by atoms with E-state index < -0.39 is 0 Å². The predicted octanol–water partition coefficient (Wildman–Crippen LogP) is 14.2. The van der Waals surface area contributed by atoms with Gasteiger partial charge in [0, 0.05) is 59.4 Å². The van der Waals surface area contributed by atoms with Crippen LogP contribution < -0.4 is 0 Å². The normalized spacial score (nSPS) is 14.7. The van der Waals surface area contributed by atoms with Crippen LogP contribution in [0.3, 0.4) is 0 Å². The van der Waals surface area contributed by atoms with Gasteiger partial charge in [-0.05, 0) is 81.0 Å². The van der Waals surface area contributed by atoms with Gasteiger partial charge in [-0.3, -0.25) is 9.78 Å². The van der Waals surface area contributed by atoms with Crippen molar-refractivity contribution < 1.29 is 34.4 Å². The summed E-state index contributed by atoms with van der Waals surface area (Å²) in [5, 5.41) is 14.8. The van der Waals surface area contributed by atoms with E-state index in [0.717, 1.165) is 70.0 Å². The van der Waals surface area contributed by atoms with Crippen LogP contribution in [0.4, 0.5) is 0 Å². The maximum absolute atomic E-state index is 12.2. The van der Waals surface area contributed by atoms with Gasteiger partial charge in [0.1, 0.15) is 17.1 Å². The molecule has 1 radical (unpaired) electrons. The molecule has 0 atom stereocenters. The Hall–Kier alpha value is -3.27. The number of furan rings is 1. The summed E-state index contributed by atoms with van der Waals surface area (Å²) in [4.78, 5) is 17.5. The Morgan fingerprint density at radius 1 is 0.868 bits per heavy atom. The van der Waals surface area contributed by atoms with E-state index in [1.165, 1.54) is 60.3 Å². The molecule has 0 saturated heterocycles. The first-order chi connectivity index (χ1) is 24.6. The molecule has 0 unspecified atom stereocenters. The van der Waals surface area contributed by atoms with E-state index >= 15 is 0 Å². The smallest absolute Gasteiger partial charge is 0.164 e. The van der Waals surface area contributed by atoms with E-state index in [-0.39, 0.29) is 47.9 Å². The zero-order chi connectivity index (χ0) is 38.0. The average molecular weight is 893 g/mol. The Kier molecular flexibility index (Phi) is 13.6. The minimum atomic E-state index is -0.337. The summed E-state index contributed by atoms with van der Waals surface area (Å²) in [7, 11) is 0. The summed E-state index contributed by atoms with van der Waals surface area (Å²) in [5.74, 6) is 1.93. The van der Waals surface area contributed by atoms with Crippen LogP contribution in [0.25, 0.3) is 43.9 Å². The molecule has 53 heavy (non-hydrogen) atoms. The Bertz CT molecular complexity index is 2080. The number of nitrogens with zero attached hydrogens (tertiary/aromatic N) is 1. The summed E-state index contributed by atoms with van der Waals surface area (Å²) >= 11 is 0. The second-order valence-electron chi connectivity index (χ2n) is 17.0. The molecule has 0 spiro atoms. The van der Waals surface area contributed by atoms with E-state index in [1.807, 2.05) is 41.5 Å². The number of fused-ring (bicyclic) bond motifs is 4. The first-order valence-electron chi connectivity index (χ1n) is 19.8. The summed E-state index contributed by atoms with van der Waals surface area (Å²) in [6.45, 7) is 23.3. The SMILES string of the molecule is CCC(C)(CC)C(=O)/C=C(\O)C(C)(CC)CC.Cc1cc(C)c2c(c1)nc(-c1[c-]c3ccccc3c(C(C)(C)C)c1)c1cc(C3CCCCC3)oc12.[Ir]. The van der Waals surface area contributed by atoms with Crippen molar-refractivity contribution in [2.75, 3.05) is 0 Å². The van der Waals surface area contributed by atoms with Crippen LogP contribution in [-0.2, 0) is 30.3 Å². The van der Waals surface area contributed by atoms with Gasteiger partial charge in [-0.15, -0.1) is 29.1 Å². The molecule has 1 fully saturated rings. The molecule has 1 aliphatic carbocycles. The zero-order valence-electron chi connectivity index (χ0n) is 34.2. The number of carbonyl (C=O) groups is 1. The Balaban J connectivity index is 0.000000299. The average Bonchev–Trinajstić information content (AvgIpc) is 3.58. The van der Waals surface area contributed by atoms with Crippen LogP contribution in [0.15, 0.2) is 64.8 Å². The molecule has 0 bridgehead atoms. The van der Waals surface area contributed by atoms with Gasteiger partial charge in [0.25, 0.3) is 0 Å². The van der Waals surface area contributed by atoms with Gasteiger partial charge in [-0.2, -0.15) is 0 Å². The molecule has 2 heterocycles. The number of carbonyl (C=O) groups excluding carboxylic acids is 1. The molecule has 0 amide bonds. The fourth-order valence-electron chi connectivity index (χ4n) is 7.74. The molecule has 287 valence electrons. The maximum Gasteiger partial charge on any atom is 0.164 e. The fourth-order valence-corrected chi connectivity index (χ4v) is 7.74. The second kappa shape index (κ2) is 17.0. The fraction of sp³-hybridized carbons (Fsp3) is 0.500. The van der Waals surface area contributed by atoms with E-state index in [4.69, 9.17) is 9.40 Å². The Morgan fingerprint density at radius 3 is 2.09 bits per heavy atom. The number of rotatable bonds is 9. The van der Waals surface area contributed by atoms with Crippen molar-refractivity contribution in [2.45, 2.75) is 145 Å². The first-order valence-corrected chi connectivity index (χ1v) is 19.8. The molecule has 1 saturated carbocycles. The summed E-state index contributed by atoms with van der Waals surface area (Å²) < 4.78 is 6.73. The number of hydrogen-bond donors (Lipinski definition) is 1. The number of ketones is 1. The minimum Gasteiger partial charge on any atom is -0.512 e. The third-order valence-corrected chi connectivity index (χ3v) is 12.4. The molecule has 2 aromatic heterocycles. The van der Waals surface area contributed by atoms with Gasteiger partial charge >= 0.3 is 0 Å². The molecular weight excluding hydrogens is 831 g/mol. The van der Waals surface area contributed by atoms with E-state index in [0.29, 0.717) is 5.92 Å². The molecule has 5 aromatic rings. The van der Waals surface area contributed by atoms with Gasteiger partial charge in [-0.25, -0.2) is 0 Å². The van der Waals surface area contributed by atoms with Gasteiger partial charge in [0.05, 0.1) is 5.52 Å². The first kappa shape index (κ1) is 42.5. The van der Waals surface area contributed by atoms with Crippen LogP contribution in [0.1, 0.15) is 148 Å². The topological polar surface area (TPSA) is 63.3 Å². The van der Waals surface area contributed by atoms with Crippen molar-refractivity contribution in [1.29, 1.82) is 0 Å². The van der Waals surface area contributed by atoms with Gasteiger partial charge in [-0.1, -0.05) is 117 Å². The van der Waals surface area contributed by atoms with Crippen molar-refractivity contribution in [1.82, 2.24) is 4.98 Å². The number of aliphatic hydroxyl groups is 1. The summed E-state index contributed by atoms with van der Waals surface area (Å²) in [5.41, 5.74) is 7.22. The summed E-state index contributed by atoms with van der Waals surface area (Å²) in [6, 6.07) is 21.4. The van der Waals surface area contributed by atoms with E-state index in [1.54, 1.807) is 0 Å². The van der Waals surface area contributed by atoms with E-state index in [2.05, 4.69) is 89.2 Å². The molecule has 5 heteroatoms. The minimum absolute atomic E-state index is 0. The molecule has 1 N–H and O–H groups in total. The van der Waals surface area contributed by atoms with Crippen molar-refractivity contribution in [3.05, 3.63) is 88.9 Å². The van der Waals surface area contributed by atoms with Crippen molar-refractivity contribution in [2.24, 2.45) is 10.8 Å². The number of aryl methyl sites for hydroxylation is 2. The van der Waals surface area contributed by atoms with Crippen LogP contribution in [0, 0.1) is 30.7 Å². The zero-order valence-corrected chi connectivity index (χ0v) is 36.6. The van der Waals surface area contributed by atoms with Crippen LogP contribution >= 0.6 is 0 Å². The maximum atomic E-state index is 12.2. The summed E-state index contributed by atoms with van der Waals surface area (Å²) in [6.07, 6.45) is 11.1. The molecule has 0 aliphatic heterocycles. The number of aromatic nitrogens is 1. The number of aliphatic hydroxyl groups excluding tert-OH is 1. The third kappa shape index (κ3) is 8.84. The molecule has 6 rings (SSSR count). The van der Waals surface area contributed by atoms with Crippen molar-refractivity contribution >= 4 is 38.4 Å². The van der Waals surface area contributed by atoms with E-state index in [9.17, 15) is 9.90 Å². The van der Waals surface area contributed by atoms with Gasteiger partial charge in [0.2, 0.25) is 0 Å². The predicted molar refractivity (Wildman–Crippen MR) is 220 cm³/mol. The standard InChI is InChI=1S/C33H34NO.C15H28O2.Ir/c1-20-15-21(2)30-28(16-20)34-31(26-19-29(35-32(26)30)22-11-7-6-8-12-22)24-17-23-13-9-10-14-25(23)27(18-24)33(3,4)5;1-7-14(5,8-2)12(16)11-13(17)15(6,9-3)10-4;/h9-10,13-16,18-19,22H,6-8,11-12H2,1-5H3;11,16H,7-10H2,1-6H3;/q-1;;/b;12-11-;. The van der Waals surface area contributed by atoms with Gasteiger partial charge < -0.3 is 9.52 Å². The second-order valence-corrected chi connectivity index (χ2v) is 17.0.